The molecule has 104 valence electrons. The van der Waals surface area contributed by atoms with Crippen LogP contribution in [-0.2, 0) is 6.54 Å². The Labute approximate surface area is 118 Å². The molecule has 0 radical (unpaired) electrons. The molecule has 0 amide bonds. The number of aromatic amines is 1. The number of terminal acetylenes is 1. The molecular weight excluding hydrogens is 272 g/mol. The van der Waals surface area contributed by atoms with Gasteiger partial charge in [-0.2, -0.15) is 5.10 Å². The van der Waals surface area contributed by atoms with E-state index in [2.05, 4.69) is 16.0 Å². The molecule has 2 aromatic heterocycles. The quantitative estimate of drug-likeness (QED) is 0.550. The monoisotopic (exact) mass is 282 g/mol. The van der Waals surface area contributed by atoms with E-state index in [1.807, 2.05) is 0 Å². The number of H-pyrrole nitrogens is 1. The Kier molecular flexibility index (Phi) is 2.84. The molecule has 1 aromatic carbocycles. The minimum atomic E-state index is -0.546. The van der Waals surface area contributed by atoms with Crippen molar-refractivity contribution in [1.82, 2.24) is 14.8 Å². The second kappa shape index (κ2) is 4.68. The third kappa shape index (κ3) is 1.99. The Bertz CT molecular complexity index is 939. The minimum Gasteiger partial charge on any atom is -0.408 e. The van der Waals surface area contributed by atoms with Gasteiger partial charge in [0.1, 0.15) is 18.1 Å². The SMILES string of the molecule is C#CCn1nc(-c2ccc3[nH]c(=O)oc3c2)c(C=O)c1N. The summed E-state index contributed by atoms with van der Waals surface area (Å²) in [7, 11) is 0. The van der Waals surface area contributed by atoms with Crippen molar-refractivity contribution in [3.8, 4) is 23.6 Å². The number of anilines is 1. The predicted molar refractivity (Wildman–Crippen MR) is 76.7 cm³/mol. The van der Waals surface area contributed by atoms with Gasteiger partial charge in [0, 0.05) is 5.56 Å². The maximum atomic E-state index is 11.2. The standard InChI is InChI=1S/C14H10N4O3/c1-2-5-18-13(15)9(7-19)12(17-18)8-3-4-10-11(6-8)21-14(20)16-10/h1,3-4,6-7H,5,15H2,(H,16,20). The van der Waals surface area contributed by atoms with Gasteiger partial charge in [0.25, 0.3) is 0 Å². The maximum Gasteiger partial charge on any atom is 0.417 e. The summed E-state index contributed by atoms with van der Waals surface area (Å²) in [4.78, 5) is 24.9. The summed E-state index contributed by atoms with van der Waals surface area (Å²) in [6, 6.07) is 4.99. The van der Waals surface area contributed by atoms with Crippen LogP contribution in [0.15, 0.2) is 27.4 Å². The van der Waals surface area contributed by atoms with E-state index in [1.54, 1.807) is 18.2 Å². The Hall–Kier alpha value is -3.27. The van der Waals surface area contributed by atoms with Crippen molar-refractivity contribution in [2.75, 3.05) is 5.73 Å². The lowest BCUT2D eigenvalue weighted by Gasteiger charge is -1.97. The van der Waals surface area contributed by atoms with Gasteiger partial charge >= 0.3 is 5.76 Å². The number of nitrogens with two attached hydrogens (primary N) is 1. The molecule has 0 atom stereocenters. The van der Waals surface area contributed by atoms with E-state index < -0.39 is 5.76 Å². The van der Waals surface area contributed by atoms with E-state index in [1.165, 1.54) is 4.68 Å². The largest absolute Gasteiger partial charge is 0.417 e. The summed E-state index contributed by atoms with van der Waals surface area (Å²) in [5, 5.41) is 4.24. The van der Waals surface area contributed by atoms with Gasteiger partial charge in [-0.1, -0.05) is 12.0 Å². The minimum absolute atomic E-state index is 0.161. The number of carbonyl (C=O) groups excluding carboxylic acids is 1. The fraction of sp³-hybridized carbons (Fsp3) is 0.0714. The summed E-state index contributed by atoms with van der Waals surface area (Å²) in [6.45, 7) is 0.161. The Morgan fingerprint density at radius 2 is 2.33 bits per heavy atom. The molecule has 0 aliphatic heterocycles. The normalized spacial score (nSPS) is 10.6. The first-order valence-electron chi connectivity index (χ1n) is 6.02. The van der Waals surface area contributed by atoms with E-state index in [-0.39, 0.29) is 17.9 Å². The van der Waals surface area contributed by atoms with Crippen molar-refractivity contribution in [2.45, 2.75) is 6.54 Å². The number of hydrogen-bond acceptors (Lipinski definition) is 5. The van der Waals surface area contributed by atoms with Crippen LogP contribution >= 0.6 is 0 Å². The molecule has 7 nitrogen and oxygen atoms in total. The molecule has 0 unspecified atom stereocenters. The number of nitrogen functional groups attached to an aromatic ring is 1. The molecule has 0 saturated heterocycles. The van der Waals surface area contributed by atoms with Gasteiger partial charge in [-0.25, -0.2) is 9.48 Å². The van der Waals surface area contributed by atoms with E-state index in [0.29, 0.717) is 28.6 Å². The summed E-state index contributed by atoms with van der Waals surface area (Å²) < 4.78 is 6.36. The number of benzene rings is 1. The van der Waals surface area contributed by atoms with Gasteiger partial charge < -0.3 is 10.2 Å². The van der Waals surface area contributed by atoms with Crippen molar-refractivity contribution >= 4 is 23.2 Å². The van der Waals surface area contributed by atoms with E-state index in [9.17, 15) is 9.59 Å². The lowest BCUT2D eigenvalue weighted by molar-refractivity contribution is 0.112. The highest BCUT2D eigenvalue weighted by molar-refractivity contribution is 5.93. The van der Waals surface area contributed by atoms with Crippen LogP contribution in [0.5, 0.6) is 0 Å². The molecule has 3 rings (SSSR count). The molecule has 21 heavy (non-hydrogen) atoms. The van der Waals surface area contributed by atoms with Gasteiger partial charge in [-0.15, -0.1) is 6.42 Å². The Morgan fingerprint density at radius 1 is 1.52 bits per heavy atom. The van der Waals surface area contributed by atoms with Crippen LogP contribution in [-0.4, -0.2) is 21.1 Å². The van der Waals surface area contributed by atoms with Gasteiger partial charge in [-0.3, -0.25) is 9.78 Å². The fourth-order valence-corrected chi connectivity index (χ4v) is 2.12. The lowest BCUT2D eigenvalue weighted by Crippen LogP contribution is -2.03. The smallest absolute Gasteiger partial charge is 0.408 e. The zero-order chi connectivity index (χ0) is 15.0. The van der Waals surface area contributed by atoms with Crippen molar-refractivity contribution in [3.63, 3.8) is 0 Å². The third-order valence-corrected chi connectivity index (χ3v) is 3.08. The number of nitrogens with zero attached hydrogens (tertiary/aromatic N) is 2. The third-order valence-electron chi connectivity index (χ3n) is 3.08. The maximum absolute atomic E-state index is 11.2. The number of rotatable bonds is 3. The summed E-state index contributed by atoms with van der Waals surface area (Å²) in [5.41, 5.74) is 8.04. The summed E-state index contributed by atoms with van der Waals surface area (Å²) in [6.07, 6.45) is 5.86. The average Bonchev–Trinajstić information content (AvgIpc) is 2.98. The molecule has 7 heteroatoms. The molecule has 3 aromatic rings. The molecule has 0 aliphatic carbocycles. The van der Waals surface area contributed by atoms with Crippen molar-refractivity contribution in [1.29, 1.82) is 0 Å². The molecule has 0 fully saturated rings. The van der Waals surface area contributed by atoms with Gasteiger partial charge in [0.05, 0.1) is 11.1 Å². The zero-order valence-electron chi connectivity index (χ0n) is 10.8. The van der Waals surface area contributed by atoms with Crippen molar-refractivity contribution in [2.24, 2.45) is 0 Å². The summed E-state index contributed by atoms with van der Waals surface area (Å²) in [5.74, 6) is 2.07. The molecular formula is C14H10N4O3. The second-order valence-corrected chi connectivity index (χ2v) is 4.35. The van der Waals surface area contributed by atoms with Crippen LogP contribution in [0.25, 0.3) is 22.4 Å². The topological polar surface area (TPSA) is 107 Å². The highest BCUT2D eigenvalue weighted by atomic mass is 16.4. The van der Waals surface area contributed by atoms with E-state index >= 15 is 0 Å². The number of hydrogen-bond donors (Lipinski definition) is 2. The van der Waals surface area contributed by atoms with Gasteiger partial charge in [-0.05, 0) is 12.1 Å². The van der Waals surface area contributed by atoms with Crippen LogP contribution in [0.4, 0.5) is 5.82 Å². The number of fused-ring (bicyclic) bond motifs is 1. The van der Waals surface area contributed by atoms with E-state index in [0.717, 1.165) is 0 Å². The molecule has 0 spiro atoms. The highest BCUT2D eigenvalue weighted by Crippen LogP contribution is 2.27. The molecule has 3 N–H and O–H groups in total. The fourth-order valence-electron chi connectivity index (χ4n) is 2.12. The van der Waals surface area contributed by atoms with Gasteiger partial charge in [0.2, 0.25) is 0 Å². The number of carbonyl (C=O) groups is 1. The molecule has 0 bridgehead atoms. The zero-order valence-corrected chi connectivity index (χ0v) is 10.8. The second-order valence-electron chi connectivity index (χ2n) is 4.35. The lowest BCUT2D eigenvalue weighted by atomic mass is 10.1. The molecule has 2 heterocycles. The predicted octanol–water partition coefficient (Wildman–Crippen LogP) is 1.01. The van der Waals surface area contributed by atoms with E-state index in [4.69, 9.17) is 16.6 Å². The average molecular weight is 282 g/mol. The van der Waals surface area contributed by atoms with Crippen LogP contribution < -0.4 is 11.5 Å². The van der Waals surface area contributed by atoms with Crippen molar-refractivity contribution < 1.29 is 9.21 Å². The van der Waals surface area contributed by atoms with Gasteiger partial charge in [0.15, 0.2) is 11.9 Å². The van der Waals surface area contributed by atoms with Crippen molar-refractivity contribution in [3.05, 3.63) is 34.3 Å². The number of oxazole rings is 1. The van der Waals surface area contributed by atoms with Crippen LogP contribution in [0.2, 0.25) is 0 Å². The number of aldehydes is 1. The van der Waals surface area contributed by atoms with Crippen LogP contribution in [0.1, 0.15) is 10.4 Å². The highest BCUT2D eigenvalue weighted by Gasteiger charge is 2.17. The summed E-state index contributed by atoms with van der Waals surface area (Å²) >= 11 is 0. The number of nitrogens with one attached hydrogen (secondary N) is 1. The van der Waals surface area contributed by atoms with Crippen LogP contribution in [0.3, 0.4) is 0 Å². The molecule has 0 saturated carbocycles. The first-order chi connectivity index (χ1) is 10.1. The van der Waals surface area contributed by atoms with Crippen LogP contribution in [0, 0.1) is 12.3 Å². The Morgan fingerprint density at radius 3 is 3.05 bits per heavy atom. The first-order valence-corrected chi connectivity index (χ1v) is 6.02. The first kappa shape index (κ1) is 12.7. The number of aromatic nitrogens is 3. The molecule has 0 aliphatic rings. The Balaban J connectivity index is 2.21.